The highest BCUT2D eigenvalue weighted by atomic mass is 32.2. The van der Waals surface area contributed by atoms with Crippen LogP contribution in [0, 0.1) is 6.92 Å². The van der Waals surface area contributed by atoms with Crippen LogP contribution in [0.25, 0.3) is 11.0 Å². The first-order chi connectivity index (χ1) is 12.3. The van der Waals surface area contributed by atoms with Gasteiger partial charge < -0.3 is 4.57 Å². The van der Waals surface area contributed by atoms with Crippen molar-refractivity contribution in [2.24, 2.45) is 0 Å². The van der Waals surface area contributed by atoms with E-state index in [0.29, 0.717) is 17.1 Å². The topological polar surface area (TPSA) is 81.1 Å². The molecule has 0 atom stereocenters. The Morgan fingerprint density at radius 3 is 2.62 bits per heavy atom. The van der Waals surface area contributed by atoms with Crippen molar-refractivity contribution in [2.75, 3.05) is 11.6 Å². The average molecular weight is 371 g/mol. The Kier molecular flexibility index (Phi) is 4.82. The van der Waals surface area contributed by atoms with Crippen molar-refractivity contribution in [1.29, 1.82) is 0 Å². The number of nitrogens with zero attached hydrogens (tertiary/aromatic N) is 2. The van der Waals surface area contributed by atoms with Crippen LogP contribution in [-0.4, -0.2) is 30.1 Å². The highest BCUT2D eigenvalue weighted by molar-refractivity contribution is 7.90. The van der Waals surface area contributed by atoms with Crippen LogP contribution in [-0.2, 0) is 16.4 Å². The summed E-state index contributed by atoms with van der Waals surface area (Å²) in [5, 5.41) is 2.84. The maximum Gasteiger partial charge on any atom is 0.258 e. The number of carbonyl (C=O) groups is 1. The third-order valence-corrected chi connectivity index (χ3v) is 5.32. The minimum atomic E-state index is -3.39. The first-order valence-electron chi connectivity index (χ1n) is 8.38. The lowest BCUT2D eigenvalue weighted by atomic mass is 10.1. The number of anilines is 1. The standard InChI is InChI=1S/C19H21N3O3S/c1-4-11-22-17-8-6-5-7-16(17)20-19(22)21-18(23)15-12-14(26(3,24)25)10-9-13(15)2/h5-10,12H,4,11H2,1-3H3,(H,20,21,23). The lowest BCUT2D eigenvalue weighted by molar-refractivity contribution is 0.102. The van der Waals surface area contributed by atoms with Crippen LogP contribution in [0.4, 0.5) is 5.95 Å². The quantitative estimate of drug-likeness (QED) is 0.745. The third-order valence-electron chi connectivity index (χ3n) is 4.21. The maximum absolute atomic E-state index is 12.8. The van der Waals surface area contributed by atoms with Gasteiger partial charge in [-0.05, 0) is 43.2 Å². The van der Waals surface area contributed by atoms with Crippen LogP contribution in [0.5, 0.6) is 0 Å². The monoisotopic (exact) mass is 371 g/mol. The van der Waals surface area contributed by atoms with Gasteiger partial charge in [-0.2, -0.15) is 0 Å². The predicted molar refractivity (Wildman–Crippen MR) is 102 cm³/mol. The van der Waals surface area contributed by atoms with Crippen LogP contribution >= 0.6 is 0 Å². The minimum Gasteiger partial charge on any atom is -0.310 e. The Balaban J connectivity index is 2.01. The number of hydrogen-bond donors (Lipinski definition) is 1. The number of imidazole rings is 1. The summed E-state index contributed by atoms with van der Waals surface area (Å²) in [6.45, 7) is 4.55. The van der Waals surface area contributed by atoms with E-state index in [4.69, 9.17) is 0 Å². The van der Waals surface area contributed by atoms with Crippen molar-refractivity contribution < 1.29 is 13.2 Å². The lowest BCUT2D eigenvalue weighted by Crippen LogP contribution is -2.17. The Labute approximate surface area is 152 Å². The van der Waals surface area contributed by atoms with Gasteiger partial charge in [0.25, 0.3) is 5.91 Å². The van der Waals surface area contributed by atoms with Gasteiger partial charge in [0.2, 0.25) is 5.95 Å². The van der Waals surface area contributed by atoms with E-state index in [0.717, 1.165) is 30.3 Å². The molecule has 0 unspecified atom stereocenters. The van der Waals surface area contributed by atoms with Crippen molar-refractivity contribution in [1.82, 2.24) is 9.55 Å². The van der Waals surface area contributed by atoms with Gasteiger partial charge in [0.15, 0.2) is 9.84 Å². The number of benzene rings is 2. The van der Waals surface area contributed by atoms with E-state index >= 15 is 0 Å². The minimum absolute atomic E-state index is 0.121. The fourth-order valence-electron chi connectivity index (χ4n) is 2.87. The number of rotatable bonds is 5. The first-order valence-corrected chi connectivity index (χ1v) is 10.3. The lowest BCUT2D eigenvalue weighted by Gasteiger charge is -2.11. The largest absolute Gasteiger partial charge is 0.310 e. The normalized spacial score (nSPS) is 11.7. The van der Waals surface area contributed by atoms with E-state index in [-0.39, 0.29) is 10.8 Å². The van der Waals surface area contributed by atoms with Gasteiger partial charge in [0, 0.05) is 18.4 Å². The molecule has 3 aromatic rings. The number of amides is 1. The zero-order valence-corrected chi connectivity index (χ0v) is 15.8. The number of para-hydroxylation sites is 2. The number of aromatic nitrogens is 2. The van der Waals surface area contributed by atoms with Crippen LogP contribution in [0.2, 0.25) is 0 Å². The molecule has 0 aliphatic heterocycles. The molecule has 136 valence electrons. The van der Waals surface area contributed by atoms with Crippen LogP contribution in [0.15, 0.2) is 47.4 Å². The predicted octanol–water partition coefficient (Wildman–Crippen LogP) is 3.41. The molecule has 0 aliphatic carbocycles. The molecular formula is C19H21N3O3S. The molecule has 26 heavy (non-hydrogen) atoms. The Morgan fingerprint density at radius 2 is 1.92 bits per heavy atom. The number of hydrogen-bond acceptors (Lipinski definition) is 4. The molecule has 0 bridgehead atoms. The third kappa shape index (κ3) is 3.48. The number of nitrogens with one attached hydrogen (secondary N) is 1. The van der Waals surface area contributed by atoms with Gasteiger partial charge in [-0.15, -0.1) is 0 Å². The summed E-state index contributed by atoms with van der Waals surface area (Å²) in [6.07, 6.45) is 2.02. The fraction of sp³-hybridized carbons (Fsp3) is 0.263. The molecular weight excluding hydrogens is 350 g/mol. The summed E-state index contributed by atoms with van der Waals surface area (Å²) in [4.78, 5) is 17.4. The Morgan fingerprint density at radius 1 is 1.19 bits per heavy atom. The molecule has 0 radical (unpaired) electrons. The number of aryl methyl sites for hydroxylation is 2. The molecule has 0 saturated carbocycles. The molecule has 6 nitrogen and oxygen atoms in total. The van der Waals surface area contributed by atoms with Crippen LogP contribution in [0.3, 0.4) is 0 Å². The van der Waals surface area contributed by atoms with E-state index in [9.17, 15) is 13.2 Å². The molecule has 0 saturated heterocycles. The summed E-state index contributed by atoms with van der Waals surface area (Å²) >= 11 is 0. The molecule has 1 aromatic heterocycles. The van der Waals surface area contributed by atoms with Crippen molar-refractivity contribution in [3.8, 4) is 0 Å². The molecule has 1 N–H and O–H groups in total. The van der Waals surface area contributed by atoms with E-state index in [1.165, 1.54) is 12.1 Å². The summed E-state index contributed by atoms with van der Waals surface area (Å²) in [6, 6.07) is 12.2. The van der Waals surface area contributed by atoms with Gasteiger partial charge >= 0.3 is 0 Å². The van der Waals surface area contributed by atoms with Crippen molar-refractivity contribution >= 4 is 32.7 Å². The van der Waals surface area contributed by atoms with E-state index < -0.39 is 9.84 Å². The maximum atomic E-state index is 12.8. The van der Waals surface area contributed by atoms with Gasteiger partial charge in [0.05, 0.1) is 15.9 Å². The zero-order chi connectivity index (χ0) is 18.9. The van der Waals surface area contributed by atoms with Crippen molar-refractivity contribution in [3.63, 3.8) is 0 Å². The molecule has 2 aromatic carbocycles. The van der Waals surface area contributed by atoms with E-state index in [1.54, 1.807) is 13.0 Å². The molecule has 1 heterocycles. The summed E-state index contributed by atoms with van der Waals surface area (Å²) in [5.41, 5.74) is 2.78. The zero-order valence-electron chi connectivity index (χ0n) is 15.0. The van der Waals surface area contributed by atoms with E-state index in [1.807, 2.05) is 28.8 Å². The summed E-state index contributed by atoms with van der Waals surface area (Å²) in [7, 11) is -3.39. The second kappa shape index (κ2) is 6.92. The molecule has 3 rings (SSSR count). The Bertz CT molecular complexity index is 1080. The number of fused-ring (bicyclic) bond motifs is 1. The van der Waals surface area contributed by atoms with Gasteiger partial charge in [-0.3, -0.25) is 10.1 Å². The first kappa shape index (κ1) is 18.1. The second-order valence-electron chi connectivity index (χ2n) is 6.28. The van der Waals surface area contributed by atoms with Gasteiger partial charge in [-0.25, -0.2) is 13.4 Å². The van der Waals surface area contributed by atoms with Gasteiger partial charge in [-0.1, -0.05) is 25.1 Å². The van der Waals surface area contributed by atoms with Crippen molar-refractivity contribution in [3.05, 3.63) is 53.6 Å². The Hall–Kier alpha value is -2.67. The SMILES string of the molecule is CCCn1c(NC(=O)c2cc(S(C)(=O)=O)ccc2C)nc2ccccc21. The smallest absolute Gasteiger partial charge is 0.258 e. The van der Waals surface area contributed by atoms with Gasteiger partial charge in [0.1, 0.15) is 0 Å². The van der Waals surface area contributed by atoms with Crippen LogP contribution in [0.1, 0.15) is 29.3 Å². The number of sulfone groups is 1. The summed E-state index contributed by atoms with van der Waals surface area (Å²) in [5.74, 6) is 0.0860. The second-order valence-corrected chi connectivity index (χ2v) is 8.29. The fourth-order valence-corrected chi connectivity index (χ4v) is 3.51. The van der Waals surface area contributed by atoms with Crippen molar-refractivity contribution in [2.45, 2.75) is 31.7 Å². The molecule has 1 amide bonds. The molecule has 7 heteroatoms. The molecule has 0 aliphatic rings. The average Bonchev–Trinajstić information content (AvgIpc) is 2.92. The number of carbonyl (C=O) groups excluding carboxylic acids is 1. The molecule has 0 spiro atoms. The molecule has 0 fully saturated rings. The van der Waals surface area contributed by atoms with E-state index in [2.05, 4.69) is 17.2 Å². The summed E-state index contributed by atoms with van der Waals surface area (Å²) < 4.78 is 25.5. The highest BCUT2D eigenvalue weighted by Crippen LogP contribution is 2.22. The highest BCUT2D eigenvalue weighted by Gasteiger charge is 2.17. The van der Waals surface area contributed by atoms with Crippen LogP contribution < -0.4 is 5.32 Å².